The van der Waals surface area contributed by atoms with Gasteiger partial charge in [-0.2, -0.15) is 0 Å². The molecule has 0 radical (unpaired) electrons. The van der Waals surface area contributed by atoms with Crippen LogP contribution in [0.25, 0.3) is 11.1 Å². The zero-order chi connectivity index (χ0) is 21.5. The maximum atomic E-state index is 10.7. The summed E-state index contributed by atoms with van der Waals surface area (Å²) in [6.45, 7) is 15.9. The summed E-state index contributed by atoms with van der Waals surface area (Å²) in [5, 5.41) is 10.7. The van der Waals surface area contributed by atoms with Crippen LogP contribution in [0.4, 0.5) is 0 Å². The van der Waals surface area contributed by atoms with Crippen LogP contribution in [0.3, 0.4) is 0 Å². The summed E-state index contributed by atoms with van der Waals surface area (Å²) in [4.78, 5) is 4.68. The minimum absolute atomic E-state index is 0.593. The number of rotatable bonds is 12. The summed E-state index contributed by atoms with van der Waals surface area (Å²) in [6, 6.07) is 12.0. The molecule has 5 nitrogen and oxygen atoms in total. The Balaban J connectivity index is 1.70. The largest absolute Gasteiger partial charge is 0.492 e. The van der Waals surface area contributed by atoms with Crippen LogP contribution in [0, 0.1) is 0 Å². The standard InChI is InChI=1S/C25H36N2O3/c1-5-26(6-2)13-15-29-19-9-11-21-23(17-19)24-18-20(10-12-22(24)25(21)28)30-16-14-27(7-3)8-4/h9-12,17-18,25,28H,5-8,13-16H2,1-4H3. The van der Waals surface area contributed by atoms with Gasteiger partial charge in [0.1, 0.15) is 30.8 Å². The van der Waals surface area contributed by atoms with Gasteiger partial charge in [0.2, 0.25) is 0 Å². The third-order valence-electron chi connectivity index (χ3n) is 6.07. The zero-order valence-corrected chi connectivity index (χ0v) is 18.9. The predicted molar refractivity (Wildman–Crippen MR) is 123 cm³/mol. The van der Waals surface area contributed by atoms with E-state index < -0.39 is 6.10 Å². The highest BCUT2D eigenvalue weighted by atomic mass is 16.5. The Morgan fingerprint density at radius 3 is 1.47 bits per heavy atom. The number of likely N-dealkylation sites (N-methyl/N-ethyl adjacent to an activating group) is 2. The molecule has 0 saturated heterocycles. The molecule has 1 aliphatic rings. The number of aliphatic hydroxyl groups is 1. The maximum absolute atomic E-state index is 10.7. The van der Waals surface area contributed by atoms with Crippen LogP contribution < -0.4 is 9.47 Å². The fourth-order valence-electron chi connectivity index (χ4n) is 4.03. The van der Waals surface area contributed by atoms with Crippen molar-refractivity contribution in [3.63, 3.8) is 0 Å². The first-order valence-corrected chi connectivity index (χ1v) is 11.3. The van der Waals surface area contributed by atoms with Crippen molar-refractivity contribution < 1.29 is 14.6 Å². The highest BCUT2D eigenvalue weighted by molar-refractivity contribution is 5.80. The smallest absolute Gasteiger partial charge is 0.120 e. The molecule has 30 heavy (non-hydrogen) atoms. The molecule has 1 aliphatic carbocycles. The Morgan fingerprint density at radius 2 is 1.10 bits per heavy atom. The first-order chi connectivity index (χ1) is 14.6. The third-order valence-corrected chi connectivity index (χ3v) is 6.07. The van der Waals surface area contributed by atoms with E-state index >= 15 is 0 Å². The van der Waals surface area contributed by atoms with E-state index in [4.69, 9.17) is 9.47 Å². The Bertz CT molecular complexity index is 749. The van der Waals surface area contributed by atoms with Crippen LogP contribution in [-0.4, -0.2) is 67.4 Å². The number of benzene rings is 2. The quantitative estimate of drug-likeness (QED) is 0.566. The highest BCUT2D eigenvalue weighted by Crippen LogP contribution is 2.46. The van der Waals surface area contributed by atoms with E-state index in [9.17, 15) is 5.11 Å². The molecule has 0 aliphatic heterocycles. The first kappa shape index (κ1) is 22.6. The van der Waals surface area contributed by atoms with E-state index in [-0.39, 0.29) is 0 Å². The van der Waals surface area contributed by atoms with Gasteiger partial charge in [-0.25, -0.2) is 0 Å². The lowest BCUT2D eigenvalue weighted by Gasteiger charge is -2.18. The molecular formula is C25H36N2O3. The van der Waals surface area contributed by atoms with Gasteiger partial charge in [0, 0.05) is 13.1 Å². The van der Waals surface area contributed by atoms with Gasteiger partial charge >= 0.3 is 0 Å². The monoisotopic (exact) mass is 412 g/mol. The summed E-state index contributed by atoms with van der Waals surface area (Å²) in [5.74, 6) is 1.68. The van der Waals surface area contributed by atoms with Gasteiger partial charge in [0.15, 0.2) is 0 Å². The van der Waals surface area contributed by atoms with E-state index in [2.05, 4.69) is 37.5 Å². The number of fused-ring (bicyclic) bond motifs is 3. The van der Waals surface area contributed by atoms with Crippen molar-refractivity contribution in [3.8, 4) is 22.6 Å². The van der Waals surface area contributed by atoms with Gasteiger partial charge in [-0.05, 0) is 72.7 Å². The van der Waals surface area contributed by atoms with Crippen LogP contribution in [0.5, 0.6) is 11.5 Å². The molecule has 0 amide bonds. The molecule has 0 spiro atoms. The molecule has 2 aromatic carbocycles. The number of nitrogens with zero attached hydrogens (tertiary/aromatic N) is 2. The van der Waals surface area contributed by atoms with Crippen molar-refractivity contribution in [1.82, 2.24) is 9.80 Å². The molecule has 0 bridgehead atoms. The molecule has 3 rings (SSSR count). The minimum atomic E-state index is -0.593. The maximum Gasteiger partial charge on any atom is 0.120 e. The summed E-state index contributed by atoms with van der Waals surface area (Å²) in [6.07, 6.45) is -0.593. The molecule has 0 fully saturated rings. The lowest BCUT2D eigenvalue weighted by Crippen LogP contribution is -2.27. The highest BCUT2D eigenvalue weighted by Gasteiger charge is 2.28. The van der Waals surface area contributed by atoms with Gasteiger partial charge in [-0.1, -0.05) is 39.8 Å². The van der Waals surface area contributed by atoms with E-state index in [0.29, 0.717) is 13.2 Å². The zero-order valence-electron chi connectivity index (χ0n) is 18.9. The summed E-state index contributed by atoms with van der Waals surface area (Å²) >= 11 is 0. The van der Waals surface area contributed by atoms with Gasteiger partial charge in [0.05, 0.1) is 0 Å². The predicted octanol–water partition coefficient (Wildman–Crippen LogP) is 4.19. The van der Waals surface area contributed by atoms with Gasteiger partial charge in [-0.15, -0.1) is 0 Å². The van der Waals surface area contributed by atoms with E-state index in [1.54, 1.807) is 0 Å². The molecule has 2 aromatic rings. The summed E-state index contributed by atoms with van der Waals surface area (Å²) < 4.78 is 12.0. The van der Waals surface area contributed by atoms with Gasteiger partial charge in [0.25, 0.3) is 0 Å². The molecule has 5 heteroatoms. The Kier molecular flexibility index (Phi) is 8.14. The fraction of sp³-hybridized carbons (Fsp3) is 0.520. The second-order valence-corrected chi connectivity index (χ2v) is 7.65. The van der Waals surface area contributed by atoms with Crippen LogP contribution in [0.15, 0.2) is 36.4 Å². The van der Waals surface area contributed by atoms with Gasteiger partial charge in [-0.3, -0.25) is 0 Å². The average molecular weight is 413 g/mol. The number of aliphatic hydroxyl groups excluding tert-OH is 1. The van der Waals surface area contributed by atoms with Crippen molar-refractivity contribution >= 4 is 0 Å². The summed E-state index contributed by atoms with van der Waals surface area (Å²) in [7, 11) is 0. The Hall–Kier alpha value is -2.08. The van der Waals surface area contributed by atoms with Gasteiger partial charge < -0.3 is 24.4 Å². The molecule has 0 heterocycles. The summed E-state index contributed by atoms with van der Waals surface area (Å²) in [5.41, 5.74) is 3.93. The Morgan fingerprint density at radius 1 is 0.700 bits per heavy atom. The van der Waals surface area contributed by atoms with Crippen molar-refractivity contribution in [3.05, 3.63) is 47.5 Å². The van der Waals surface area contributed by atoms with Crippen LogP contribution in [-0.2, 0) is 0 Å². The van der Waals surface area contributed by atoms with E-state index in [0.717, 1.165) is 73.0 Å². The van der Waals surface area contributed by atoms with E-state index in [1.165, 1.54) is 0 Å². The number of hydrogen-bond donors (Lipinski definition) is 1. The molecule has 0 atom stereocenters. The second kappa shape index (κ2) is 10.8. The van der Waals surface area contributed by atoms with E-state index in [1.807, 2.05) is 36.4 Å². The number of hydrogen-bond acceptors (Lipinski definition) is 5. The van der Waals surface area contributed by atoms with Crippen LogP contribution in [0.1, 0.15) is 44.9 Å². The second-order valence-electron chi connectivity index (χ2n) is 7.65. The van der Waals surface area contributed by atoms with Crippen molar-refractivity contribution in [2.45, 2.75) is 33.8 Å². The topological polar surface area (TPSA) is 45.2 Å². The van der Waals surface area contributed by atoms with Crippen LogP contribution in [0.2, 0.25) is 0 Å². The van der Waals surface area contributed by atoms with Crippen molar-refractivity contribution in [2.24, 2.45) is 0 Å². The SMILES string of the molecule is CCN(CC)CCOc1ccc2c(c1)-c1cc(OCCN(CC)CC)ccc1C2O. The van der Waals surface area contributed by atoms with Crippen LogP contribution >= 0.6 is 0 Å². The third kappa shape index (κ3) is 5.15. The number of ether oxygens (including phenoxy) is 2. The normalized spacial score (nSPS) is 13.0. The van der Waals surface area contributed by atoms with Crippen molar-refractivity contribution in [2.75, 3.05) is 52.5 Å². The lowest BCUT2D eigenvalue weighted by atomic mass is 10.1. The average Bonchev–Trinajstić information content (AvgIpc) is 3.05. The molecule has 1 N–H and O–H groups in total. The minimum Gasteiger partial charge on any atom is -0.492 e. The molecular weight excluding hydrogens is 376 g/mol. The fourth-order valence-corrected chi connectivity index (χ4v) is 4.03. The molecule has 0 aromatic heterocycles. The molecule has 164 valence electrons. The van der Waals surface area contributed by atoms with Crippen molar-refractivity contribution in [1.29, 1.82) is 0 Å². The molecule has 0 saturated carbocycles. The lowest BCUT2D eigenvalue weighted by molar-refractivity contribution is 0.220. The molecule has 0 unspecified atom stereocenters. The Labute approximate surface area is 181 Å². The first-order valence-electron chi connectivity index (χ1n) is 11.3.